The highest BCUT2D eigenvalue weighted by molar-refractivity contribution is 5.93. The largest absolute Gasteiger partial charge is 0.393 e. The van der Waals surface area contributed by atoms with E-state index < -0.39 is 6.10 Å². The molecule has 0 aromatic carbocycles. The molecule has 2 unspecified atom stereocenters. The minimum Gasteiger partial charge on any atom is -0.393 e. The van der Waals surface area contributed by atoms with E-state index in [0.29, 0.717) is 0 Å². The molecular weight excluding hydrogens is 140 g/mol. The minimum atomic E-state index is -0.494. The first-order valence-corrected chi connectivity index (χ1v) is 4.00. The van der Waals surface area contributed by atoms with Crippen LogP contribution in [0.3, 0.4) is 0 Å². The maximum atomic E-state index is 11.2. The Morgan fingerprint density at radius 3 is 2.82 bits per heavy atom. The van der Waals surface area contributed by atoms with Crippen LogP contribution in [0, 0.1) is 5.92 Å². The Kier molecular flexibility index (Phi) is 2.45. The zero-order valence-corrected chi connectivity index (χ0v) is 7.00. The van der Waals surface area contributed by atoms with Crippen LogP contribution in [-0.2, 0) is 4.79 Å². The quantitative estimate of drug-likeness (QED) is 0.618. The van der Waals surface area contributed by atoms with E-state index in [4.69, 9.17) is 0 Å². The number of rotatable bonds is 1. The maximum Gasteiger partial charge on any atom is 0.161 e. The van der Waals surface area contributed by atoms with Crippen molar-refractivity contribution in [2.45, 2.75) is 32.8 Å². The molecule has 62 valence electrons. The molecule has 0 aromatic rings. The van der Waals surface area contributed by atoms with Gasteiger partial charge in [-0.25, -0.2) is 0 Å². The summed E-state index contributed by atoms with van der Waals surface area (Å²) in [5, 5.41) is 9.18. The molecule has 0 fully saturated rings. The van der Waals surface area contributed by atoms with Gasteiger partial charge >= 0.3 is 0 Å². The zero-order valence-electron chi connectivity index (χ0n) is 7.00. The molecule has 0 heterocycles. The second kappa shape index (κ2) is 3.18. The lowest BCUT2D eigenvalue weighted by Gasteiger charge is -2.21. The molecule has 1 rings (SSSR count). The van der Waals surface area contributed by atoms with E-state index >= 15 is 0 Å². The van der Waals surface area contributed by atoms with Gasteiger partial charge in [-0.2, -0.15) is 0 Å². The predicted molar refractivity (Wildman–Crippen MR) is 43.2 cm³/mol. The van der Waals surface area contributed by atoms with Crippen molar-refractivity contribution in [2.75, 3.05) is 0 Å². The van der Waals surface area contributed by atoms with Crippen molar-refractivity contribution in [1.82, 2.24) is 0 Å². The molecule has 0 spiro atoms. The summed E-state index contributed by atoms with van der Waals surface area (Å²) in [6.45, 7) is 3.63. The summed E-state index contributed by atoms with van der Waals surface area (Å²) >= 11 is 0. The summed E-state index contributed by atoms with van der Waals surface area (Å²) in [5.74, 6) is -0.0672. The average molecular weight is 154 g/mol. The van der Waals surface area contributed by atoms with Crippen LogP contribution in [0.15, 0.2) is 11.6 Å². The number of allylic oxidation sites excluding steroid dienone is 2. The monoisotopic (exact) mass is 154 g/mol. The molecule has 1 N–H and O–H groups in total. The highest BCUT2D eigenvalue weighted by Gasteiger charge is 2.24. The average Bonchev–Trinajstić information content (AvgIpc) is 1.85. The summed E-state index contributed by atoms with van der Waals surface area (Å²) in [7, 11) is 0. The Morgan fingerprint density at radius 2 is 2.36 bits per heavy atom. The SMILES string of the molecule is CC1=CC(=O)C(C(C)O)CC1. The molecule has 0 aromatic heterocycles. The van der Waals surface area contributed by atoms with Crippen molar-refractivity contribution < 1.29 is 9.90 Å². The number of hydrogen-bond acceptors (Lipinski definition) is 2. The fourth-order valence-corrected chi connectivity index (χ4v) is 1.43. The van der Waals surface area contributed by atoms with Crippen molar-refractivity contribution in [1.29, 1.82) is 0 Å². The Morgan fingerprint density at radius 1 is 1.73 bits per heavy atom. The van der Waals surface area contributed by atoms with Gasteiger partial charge in [0.05, 0.1) is 6.10 Å². The van der Waals surface area contributed by atoms with Crippen LogP contribution in [0.1, 0.15) is 26.7 Å². The van der Waals surface area contributed by atoms with Crippen LogP contribution in [0.25, 0.3) is 0 Å². The minimum absolute atomic E-state index is 0.0868. The number of carbonyl (C=O) groups excluding carboxylic acids is 1. The van der Waals surface area contributed by atoms with Gasteiger partial charge in [0, 0.05) is 5.92 Å². The Labute approximate surface area is 66.9 Å². The summed E-state index contributed by atoms with van der Waals surface area (Å²) in [5.41, 5.74) is 1.13. The lowest BCUT2D eigenvalue weighted by molar-refractivity contribution is -0.121. The predicted octanol–water partition coefficient (Wildman–Crippen LogP) is 1.29. The van der Waals surface area contributed by atoms with Gasteiger partial charge in [0.1, 0.15) is 0 Å². The Hall–Kier alpha value is -0.630. The molecule has 1 aliphatic carbocycles. The molecule has 0 aliphatic heterocycles. The first-order chi connectivity index (χ1) is 5.11. The van der Waals surface area contributed by atoms with Gasteiger partial charge in [0.2, 0.25) is 0 Å². The third-order valence-corrected chi connectivity index (χ3v) is 2.19. The van der Waals surface area contributed by atoms with Gasteiger partial charge in [-0.05, 0) is 32.8 Å². The van der Waals surface area contributed by atoms with Gasteiger partial charge in [0.25, 0.3) is 0 Å². The number of hydrogen-bond donors (Lipinski definition) is 1. The van der Waals surface area contributed by atoms with E-state index in [2.05, 4.69) is 0 Å². The van der Waals surface area contributed by atoms with Gasteiger partial charge in [-0.3, -0.25) is 4.79 Å². The highest BCUT2D eigenvalue weighted by atomic mass is 16.3. The Bertz CT molecular complexity index is 192. The van der Waals surface area contributed by atoms with Crippen molar-refractivity contribution in [3.63, 3.8) is 0 Å². The topological polar surface area (TPSA) is 37.3 Å². The molecule has 11 heavy (non-hydrogen) atoms. The summed E-state index contributed by atoms with van der Waals surface area (Å²) < 4.78 is 0. The highest BCUT2D eigenvalue weighted by Crippen LogP contribution is 2.22. The van der Waals surface area contributed by atoms with Crippen LogP contribution in [-0.4, -0.2) is 17.0 Å². The van der Waals surface area contributed by atoms with E-state index in [9.17, 15) is 9.90 Å². The molecular formula is C9H14O2. The Balaban J connectivity index is 2.68. The van der Waals surface area contributed by atoms with Crippen molar-refractivity contribution in [3.05, 3.63) is 11.6 Å². The molecule has 2 heteroatoms. The standard InChI is InChI=1S/C9H14O2/c1-6-3-4-8(7(2)10)9(11)5-6/h5,7-8,10H,3-4H2,1-2H3. The van der Waals surface area contributed by atoms with Crippen LogP contribution in [0.5, 0.6) is 0 Å². The molecule has 0 radical (unpaired) electrons. The smallest absolute Gasteiger partial charge is 0.161 e. The van der Waals surface area contributed by atoms with E-state index in [1.807, 2.05) is 6.92 Å². The van der Waals surface area contributed by atoms with Crippen LogP contribution < -0.4 is 0 Å². The van der Waals surface area contributed by atoms with Gasteiger partial charge in [-0.15, -0.1) is 0 Å². The van der Waals surface area contributed by atoms with E-state index in [0.717, 1.165) is 18.4 Å². The summed E-state index contributed by atoms with van der Waals surface area (Å²) in [4.78, 5) is 11.2. The van der Waals surface area contributed by atoms with Crippen LogP contribution in [0.2, 0.25) is 0 Å². The zero-order chi connectivity index (χ0) is 8.43. The second-order valence-corrected chi connectivity index (χ2v) is 3.28. The second-order valence-electron chi connectivity index (χ2n) is 3.28. The first-order valence-electron chi connectivity index (χ1n) is 4.00. The molecule has 0 amide bonds. The number of aliphatic hydroxyl groups excluding tert-OH is 1. The molecule has 2 nitrogen and oxygen atoms in total. The summed E-state index contributed by atoms with van der Waals surface area (Å²) in [6.07, 6.45) is 2.91. The van der Waals surface area contributed by atoms with Crippen LogP contribution >= 0.6 is 0 Å². The van der Waals surface area contributed by atoms with E-state index in [1.54, 1.807) is 13.0 Å². The number of carbonyl (C=O) groups is 1. The van der Waals surface area contributed by atoms with Crippen molar-refractivity contribution in [2.24, 2.45) is 5.92 Å². The lowest BCUT2D eigenvalue weighted by atomic mass is 9.86. The third kappa shape index (κ3) is 1.90. The van der Waals surface area contributed by atoms with Crippen molar-refractivity contribution >= 4 is 5.78 Å². The molecule has 0 saturated carbocycles. The third-order valence-electron chi connectivity index (χ3n) is 2.19. The maximum absolute atomic E-state index is 11.2. The van der Waals surface area contributed by atoms with E-state index in [-0.39, 0.29) is 11.7 Å². The number of aliphatic hydroxyl groups is 1. The van der Waals surface area contributed by atoms with Crippen LogP contribution in [0.4, 0.5) is 0 Å². The van der Waals surface area contributed by atoms with Gasteiger partial charge in [-0.1, -0.05) is 5.57 Å². The van der Waals surface area contributed by atoms with Crippen molar-refractivity contribution in [3.8, 4) is 0 Å². The molecule has 2 atom stereocenters. The van der Waals surface area contributed by atoms with E-state index in [1.165, 1.54) is 0 Å². The molecule has 0 saturated heterocycles. The number of ketones is 1. The fraction of sp³-hybridized carbons (Fsp3) is 0.667. The molecule has 1 aliphatic rings. The van der Waals surface area contributed by atoms with Gasteiger partial charge < -0.3 is 5.11 Å². The lowest BCUT2D eigenvalue weighted by Crippen LogP contribution is -2.27. The molecule has 0 bridgehead atoms. The van der Waals surface area contributed by atoms with Gasteiger partial charge in [0.15, 0.2) is 5.78 Å². The normalized spacial score (nSPS) is 28.1. The fourth-order valence-electron chi connectivity index (χ4n) is 1.43. The first kappa shape index (κ1) is 8.47. The summed E-state index contributed by atoms with van der Waals surface area (Å²) in [6, 6.07) is 0.